The van der Waals surface area contributed by atoms with Gasteiger partial charge in [-0.15, -0.1) is 0 Å². The second kappa shape index (κ2) is 8.65. The highest BCUT2D eigenvalue weighted by Gasteiger charge is 2.25. The van der Waals surface area contributed by atoms with Crippen LogP contribution in [0, 0.1) is 5.92 Å². The number of hydrogen-bond acceptors (Lipinski definition) is 4. The summed E-state index contributed by atoms with van der Waals surface area (Å²) in [5, 5.41) is 0. The average Bonchev–Trinajstić information content (AvgIpc) is 2.68. The highest BCUT2D eigenvalue weighted by Crippen LogP contribution is 2.24. The van der Waals surface area contributed by atoms with Crippen molar-refractivity contribution in [3.8, 4) is 5.75 Å². The van der Waals surface area contributed by atoms with Crippen molar-refractivity contribution in [1.82, 2.24) is 10.3 Å². The first-order valence-corrected chi connectivity index (χ1v) is 8.73. The minimum Gasteiger partial charge on any atom is -0.489 e. The molecular formula is C20H25N3O2. The molecule has 1 aliphatic rings. The number of nitrogens with zero attached hydrogens (tertiary/aromatic N) is 1. The number of piperidine rings is 1. The Morgan fingerprint density at radius 2 is 1.92 bits per heavy atom. The number of amides is 1. The molecule has 1 saturated heterocycles. The molecule has 3 N–H and O–H groups in total. The average molecular weight is 339 g/mol. The van der Waals surface area contributed by atoms with Gasteiger partial charge < -0.3 is 4.74 Å². The lowest BCUT2D eigenvalue weighted by atomic mass is 9.97. The molecule has 5 heteroatoms. The van der Waals surface area contributed by atoms with Gasteiger partial charge in [0.2, 0.25) is 5.91 Å². The van der Waals surface area contributed by atoms with E-state index < -0.39 is 0 Å². The summed E-state index contributed by atoms with van der Waals surface area (Å²) in [7, 11) is 0. The summed E-state index contributed by atoms with van der Waals surface area (Å²) in [6.07, 6.45) is 1.90. The van der Waals surface area contributed by atoms with E-state index in [1.165, 1.54) is 0 Å². The number of nitrogens with two attached hydrogens (primary N) is 1. The Hall–Kier alpha value is -2.37. The van der Waals surface area contributed by atoms with Crippen LogP contribution in [0.3, 0.4) is 0 Å². The van der Waals surface area contributed by atoms with E-state index in [2.05, 4.69) is 28.5 Å². The zero-order valence-electron chi connectivity index (χ0n) is 14.4. The number of nitrogens with one attached hydrogen (secondary N) is 1. The summed E-state index contributed by atoms with van der Waals surface area (Å²) < 4.78 is 6.03. The summed E-state index contributed by atoms with van der Waals surface area (Å²) in [5.41, 5.74) is 4.57. The lowest BCUT2D eigenvalue weighted by molar-refractivity contribution is -0.126. The number of hydrogen-bond donors (Lipinski definition) is 2. The summed E-state index contributed by atoms with van der Waals surface area (Å²) in [6.45, 7) is 3.05. The van der Waals surface area contributed by atoms with Crippen molar-refractivity contribution in [3.63, 3.8) is 0 Å². The predicted molar refractivity (Wildman–Crippen MR) is 97.5 cm³/mol. The lowest BCUT2D eigenvalue weighted by Gasteiger charge is -2.32. The third-order valence-electron chi connectivity index (χ3n) is 4.62. The van der Waals surface area contributed by atoms with Gasteiger partial charge in [0, 0.05) is 18.7 Å². The van der Waals surface area contributed by atoms with Crippen molar-refractivity contribution in [2.24, 2.45) is 11.8 Å². The van der Waals surface area contributed by atoms with Gasteiger partial charge in [-0.05, 0) is 31.0 Å². The van der Waals surface area contributed by atoms with Crippen LogP contribution in [0.5, 0.6) is 5.75 Å². The summed E-state index contributed by atoms with van der Waals surface area (Å²) in [4.78, 5) is 14.1. The van der Waals surface area contributed by atoms with Crippen LogP contribution in [0.25, 0.3) is 0 Å². The van der Waals surface area contributed by atoms with Gasteiger partial charge in [-0.1, -0.05) is 48.5 Å². The zero-order chi connectivity index (χ0) is 17.5. The van der Waals surface area contributed by atoms with Crippen molar-refractivity contribution in [2.75, 3.05) is 13.1 Å². The molecule has 1 fully saturated rings. The van der Waals surface area contributed by atoms with Gasteiger partial charge in [0.25, 0.3) is 0 Å². The van der Waals surface area contributed by atoms with E-state index in [1.54, 1.807) is 0 Å². The Balaban J connectivity index is 1.63. The monoisotopic (exact) mass is 339 g/mol. The molecule has 0 aromatic heterocycles. The Morgan fingerprint density at radius 1 is 1.16 bits per heavy atom. The van der Waals surface area contributed by atoms with E-state index in [1.807, 2.05) is 36.4 Å². The molecule has 1 heterocycles. The number of ether oxygens (including phenoxy) is 1. The van der Waals surface area contributed by atoms with Crippen LogP contribution in [0.2, 0.25) is 0 Å². The Labute approximate surface area is 148 Å². The topological polar surface area (TPSA) is 67.6 Å². The standard InChI is InChI=1S/C20H25N3O2/c21-22-20(24)18-10-6-12-23(14-18)13-17-9-4-5-11-19(17)25-15-16-7-2-1-3-8-16/h1-5,7-9,11,18H,6,10,12-15,21H2,(H,22,24). The van der Waals surface area contributed by atoms with Gasteiger partial charge in [0.15, 0.2) is 0 Å². The maximum absolute atomic E-state index is 11.8. The SMILES string of the molecule is NNC(=O)C1CCCN(Cc2ccccc2OCc2ccccc2)C1. The molecule has 0 radical (unpaired) electrons. The molecule has 0 saturated carbocycles. The molecule has 0 bridgehead atoms. The van der Waals surface area contributed by atoms with E-state index >= 15 is 0 Å². The molecule has 1 unspecified atom stereocenters. The molecular weight excluding hydrogens is 314 g/mol. The quantitative estimate of drug-likeness (QED) is 0.482. The fourth-order valence-corrected chi connectivity index (χ4v) is 3.28. The largest absolute Gasteiger partial charge is 0.489 e. The molecule has 1 aliphatic heterocycles. The summed E-state index contributed by atoms with van der Waals surface area (Å²) in [5.74, 6) is 6.08. The van der Waals surface area contributed by atoms with Crippen molar-refractivity contribution < 1.29 is 9.53 Å². The molecule has 0 spiro atoms. The van der Waals surface area contributed by atoms with E-state index in [9.17, 15) is 4.79 Å². The Kier molecular flexibility index (Phi) is 6.04. The van der Waals surface area contributed by atoms with E-state index in [-0.39, 0.29) is 11.8 Å². The third-order valence-corrected chi connectivity index (χ3v) is 4.62. The van der Waals surface area contributed by atoms with Crippen LogP contribution in [-0.2, 0) is 17.9 Å². The first kappa shape index (κ1) is 17.5. The van der Waals surface area contributed by atoms with Crippen LogP contribution in [0.15, 0.2) is 54.6 Å². The van der Waals surface area contributed by atoms with Gasteiger partial charge in [0.1, 0.15) is 12.4 Å². The molecule has 3 rings (SSSR count). The van der Waals surface area contributed by atoms with Crippen molar-refractivity contribution in [2.45, 2.75) is 26.0 Å². The number of para-hydroxylation sites is 1. The maximum Gasteiger partial charge on any atom is 0.238 e. The molecule has 25 heavy (non-hydrogen) atoms. The van der Waals surface area contributed by atoms with E-state index in [0.717, 1.165) is 49.4 Å². The second-order valence-electron chi connectivity index (χ2n) is 6.46. The van der Waals surface area contributed by atoms with Crippen LogP contribution in [0.4, 0.5) is 0 Å². The minimum absolute atomic E-state index is 0.0313. The van der Waals surface area contributed by atoms with Crippen LogP contribution >= 0.6 is 0 Å². The maximum atomic E-state index is 11.8. The normalized spacial score (nSPS) is 17.9. The molecule has 1 amide bonds. The van der Waals surface area contributed by atoms with Crippen molar-refractivity contribution in [3.05, 3.63) is 65.7 Å². The van der Waals surface area contributed by atoms with Gasteiger partial charge >= 0.3 is 0 Å². The molecule has 132 valence electrons. The third kappa shape index (κ3) is 4.81. The van der Waals surface area contributed by atoms with Crippen LogP contribution in [-0.4, -0.2) is 23.9 Å². The van der Waals surface area contributed by atoms with Gasteiger partial charge in [-0.3, -0.25) is 15.1 Å². The lowest BCUT2D eigenvalue weighted by Crippen LogP contribution is -2.44. The smallest absolute Gasteiger partial charge is 0.238 e. The number of carbonyl (C=O) groups is 1. The Bertz CT molecular complexity index is 690. The highest BCUT2D eigenvalue weighted by molar-refractivity contribution is 5.78. The van der Waals surface area contributed by atoms with E-state index in [0.29, 0.717) is 6.61 Å². The molecule has 1 atom stereocenters. The predicted octanol–water partition coefficient (Wildman–Crippen LogP) is 2.47. The second-order valence-corrected chi connectivity index (χ2v) is 6.46. The Morgan fingerprint density at radius 3 is 2.72 bits per heavy atom. The van der Waals surface area contributed by atoms with E-state index in [4.69, 9.17) is 10.6 Å². The highest BCUT2D eigenvalue weighted by atomic mass is 16.5. The van der Waals surface area contributed by atoms with Crippen molar-refractivity contribution in [1.29, 1.82) is 0 Å². The zero-order valence-corrected chi connectivity index (χ0v) is 14.4. The molecule has 0 aliphatic carbocycles. The molecule has 2 aromatic carbocycles. The molecule has 2 aromatic rings. The van der Waals surface area contributed by atoms with Gasteiger partial charge in [-0.2, -0.15) is 0 Å². The van der Waals surface area contributed by atoms with Gasteiger partial charge in [-0.25, -0.2) is 5.84 Å². The number of rotatable bonds is 6. The number of benzene rings is 2. The van der Waals surface area contributed by atoms with Crippen LogP contribution in [0.1, 0.15) is 24.0 Å². The first-order chi connectivity index (χ1) is 12.3. The summed E-state index contributed by atoms with van der Waals surface area (Å²) >= 11 is 0. The number of hydrazine groups is 1. The fourth-order valence-electron chi connectivity index (χ4n) is 3.28. The number of likely N-dealkylation sites (tertiary alicyclic amines) is 1. The number of carbonyl (C=O) groups excluding carboxylic acids is 1. The summed E-state index contributed by atoms with van der Waals surface area (Å²) in [6, 6.07) is 18.3. The minimum atomic E-state index is -0.0710. The van der Waals surface area contributed by atoms with Gasteiger partial charge in [0.05, 0.1) is 5.92 Å². The van der Waals surface area contributed by atoms with Crippen LogP contribution < -0.4 is 16.0 Å². The molecule has 5 nitrogen and oxygen atoms in total. The fraction of sp³-hybridized carbons (Fsp3) is 0.350. The van der Waals surface area contributed by atoms with Crippen molar-refractivity contribution >= 4 is 5.91 Å². The first-order valence-electron chi connectivity index (χ1n) is 8.73.